The molecule has 1 aromatic heterocycles. The minimum absolute atomic E-state index is 0.664. The summed E-state index contributed by atoms with van der Waals surface area (Å²) in [6, 6.07) is 23.6. The van der Waals surface area contributed by atoms with Crippen LogP contribution < -0.4 is 9.64 Å². The summed E-state index contributed by atoms with van der Waals surface area (Å²) >= 11 is 0. The Bertz CT molecular complexity index is 889. The summed E-state index contributed by atoms with van der Waals surface area (Å²) < 4.78 is 6.10. The first kappa shape index (κ1) is 14.5. The number of hydrogen-bond donors (Lipinski definition) is 0. The lowest BCUT2D eigenvalue weighted by Gasteiger charge is -2.32. The van der Waals surface area contributed by atoms with Crippen LogP contribution in [0.1, 0.15) is 12.8 Å². The number of aromatic nitrogens is 1. The average Bonchev–Trinajstić information content (AvgIpc) is 3.53. The molecule has 2 aliphatic rings. The molecule has 2 heterocycles. The SMILES string of the molecule is c1ccc(-c2cc3c(c(-c4ccccc4)n2)OCCN3C2CC2)cc1. The Morgan fingerprint density at radius 2 is 1.56 bits per heavy atom. The molecule has 1 aliphatic carbocycles. The molecule has 5 rings (SSSR count). The highest BCUT2D eigenvalue weighted by Gasteiger charge is 2.34. The molecule has 0 radical (unpaired) electrons. The van der Waals surface area contributed by atoms with Gasteiger partial charge >= 0.3 is 0 Å². The molecule has 0 saturated heterocycles. The number of benzene rings is 2. The fourth-order valence-electron chi connectivity index (χ4n) is 3.56. The topological polar surface area (TPSA) is 25.4 Å². The van der Waals surface area contributed by atoms with Gasteiger partial charge in [-0.15, -0.1) is 0 Å². The van der Waals surface area contributed by atoms with Gasteiger partial charge in [-0.05, 0) is 18.9 Å². The van der Waals surface area contributed by atoms with Crippen LogP contribution in [0.25, 0.3) is 22.5 Å². The second-order valence-corrected chi connectivity index (χ2v) is 6.71. The third kappa shape index (κ3) is 2.66. The van der Waals surface area contributed by atoms with Gasteiger partial charge in [-0.2, -0.15) is 0 Å². The van der Waals surface area contributed by atoms with E-state index in [4.69, 9.17) is 9.72 Å². The molecule has 0 bridgehead atoms. The lowest BCUT2D eigenvalue weighted by Crippen LogP contribution is -2.34. The third-order valence-corrected chi connectivity index (χ3v) is 4.95. The molecule has 0 spiro atoms. The fraction of sp³-hybridized carbons (Fsp3) is 0.227. The van der Waals surface area contributed by atoms with Gasteiger partial charge in [0.1, 0.15) is 12.3 Å². The average molecular weight is 328 g/mol. The third-order valence-electron chi connectivity index (χ3n) is 4.95. The van der Waals surface area contributed by atoms with Gasteiger partial charge in [0, 0.05) is 17.2 Å². The Kier molecular flexibility index (Phi) is 3.44. The van der Waals surface area contributed by atoms with Crippen molar-refractivity contribution in [3.8, 4) is 28.3 Å². The molecule has 1 aliphatic heterocycles. The van der Waals surface area contributed by atoms with Gasteiger partial charge in [-0.25, -0.2) is 4.98 Å². The van der Waals surface area contributed by atoms with E-state index in [0.29, 0.717) is 6.04 Å². The van der Waals surface area contributed by atoms with Crippen LogP contribution in [-0.4, -0.2) is 24.2 Å². The van der Waals surface area contributed by atoms with Crippen LogP contribution in [0.5, 0.6) is 5.75 Å². The monoisotopic (exact) mass is 328 g/mol. The first-order valence-electron chi connectivity index (χ1n) is 8.95. The van der Waals surface area contributed by atoms with Gasteiger partial charge in [0.05, 0.1) is 17.9 Å². The molecular formula is C22H20N2O. The Labute approximate surface area is 147 Å². The van der Waals surface area contributed by atoms with Crippen molar-refractivity contribution in [2.75, 3.05) is 18.1 Å². The van der Waals surface area contributed by atoms with Crippen molar-refractivity contribution in [3.05, 3.63) is 66.7 Å². The van der Waals surface area contributed by atoms with Crippen LogP contribution in [-0.2, 0) is 0 Å². The number of anilines is 1. The molecule has 0 amide bonds. The predicted octanol–water partition coefficient (Wildman–Crippen LogP) is 4.78. The van der Waals surface area contributed by atoms with E-state index in [9.17, 15) is 0 Å². The molecule has 2 aromatic carbocycles. The van der Waals surface area contributed by atoms with E-state index in [1.165, 1.54) is 18.5 Å². The van der Waals surface area contributed by atoms with E-state index in [1.54, 1.807) is 0 Å². The van der Waals surface area contributed by atoms with Crippen LogP contribution in [0.15, 0.2) is 66.7 Å². The van der Waals surface area contributed by atoms with Crippen molar-refractivity contribution >= 4 is 5.69 Å². The van der Waals surface area contributed by atoms with Crippen LogP contribution in [0.4, 0.5) is 5.69 Å². The molecule has 1 fully saturated rings. The minimum Gasteiger partial charge on any atom is -0.487 e. The normalized spacial score (nSPS) is 16.2. The molecule has 124 valence electrons. The maximum absolute atomic E-state index is 6.10. The standard InChI is InChI=1S/C22H20N2O/c1-3-7-16(8-4-1)19-15-20-22(25-14-13-24(20)18-11-12-18)21(23-19)17-9-5-2-6-10-17/h1-10,15,18H,11-14H2. The molecule has 25 heavy (non-hydrogen) atoms. The van der Waals surface area contributed by atoms with E-state index in [1.807, 2.05) is 12.1 Å². The van der Waals surface area contributed by atoms with E-state index >= 15 is 0 Å². The molecular weight excluding hydrogens is 308 g/mol. The van der Waals surface area contributed by atoms with Crippen LogP contribution in [0.3, 0.4) is 0 Å². The Morgan fingerprint density at radius 1 is 0.880 bits per heavy atom. The largest absolute Gasteiger partial charge is 0.487 e. The lowest BCUT2D eigenvalue weighted by molar-refractivity contribution is 0.307. The zero-order valence-electron chi connectivity index (χ0n) is 14.1. The van der Waals surface area contributed by atoms with Gasteiger partial charge in [-0.3, -0.25) is 0 Å². The first-order valence-corrected chi connectivity index (χ1v) is 8.95. The van der Waals surface area contributed by atoms with E-state index in [2.05, 4.69) is 59.5 Å². The quantitative estimate of drug-likeness (QED) is 0.692. The Hall–Kier alpha value is -2.81. The number of pyridine rings is 1. The highest BCUT2D eigenvalue weighted by atomic mass is 16.5. The lowest BCUT2D eigenvalue weighted by atomic mass is 10.0. The molecule has 0 N–H and O–H groups in total. The second-order valence-electron chi connectivity index (χ2n) is 6.71. The molecule has 3 nitrogen and oxygen atoms in total. The summed E-state index contributed by atoms with van der Waals surface area (Å²) in [5.74, 6) is 0.934. The van der Waals surface area contributed by atoms with Crippen LogP contribution in [0, 0.1) is 0 Å². The van der Waals surface area contributed by atoms with Crippen molar-refractivity contribution in [1.82, 2.24) is 4.98 Å². The Morgan fingerprint density at radius 3 is 2.24 bits per heavy atom. The summed E-state index contributed by atoms with van der Waals surface area (Å²) in [4.78, 5) is 7.50. The van der Waals surface area contributed by atoms with Gasteiger partial charge in [0.2, 0.25) is 0 Å². The van der Waals surface area contributed by atoms with Crippen molar-refractivity contribution < 1.29 is 4.74 Å². The van der Waals surface area contributed by atoms with Crippen molar-refractivity contribution in [2.24, 2.45) is 0 Å². The number of rotatable bonds is 3. The van der Waals surface area contributed by atoms with Crippen LogP contribution in [0.2, 0.25) is 0 Å². The minimum atomic E-state index is 0.664. The number of hydrogen-bond acceptors (Lipinski definition) is 3. The van der Waals surface area contributed by atoms with Gasteiger partial charge in [0.25, 0.3) is 0 Å². The smallest absolute Gasteiger partial charge is 0.168 e. The molecule has 3 heteroatoms. The van der Waals surface area contributed by atoms with E-state index < -0.39 is 0 Å². The van der Waals surface area contributed by atoms with Gasteiger partial charge in [-0.1, -0.05) is 60.7 Å². The van der Waals surface area contributed by atoms with E-state index in [-0.39, 0.29) is 0 Å². The molecule has 3 aromatic rings. The predicted molar refractivity (Wildman–Crippen MR) is 101 cm³/mol. The summed E-state index contributed by atoms with van der Waals surface area (Å²) in [6.07, 6.45) is 2.56. The number of fused-ring (bicyclic) bond motifs is 1. The first-order chi connectivity index (χ1) is 12.4. The van der Waals surface area contributed by atoms with Crippen LogP contribution >= 0.6 is 0 Å². The Balaban J connectivity index is 1.73. The molecule has 0 unspecified atom stereocenters. The molecule has 0 atom stereocenters. The van der Waals surface area contributed by atoms with Crippen molar-refractivity contribution in [3.63, 3.8) is 0 Å². The summed E-state index contributed by atoms with van der Waals surface area (Å²) in [5.41, 5.74) is 5.40. The fourth-order valence-corrected chi connectivity index (χ4v) is 3.56. The highest BCUT2D eigenvalue weighted by Crippen LogP contribution is 2.45. The highest BCUT2D eigenvalue weighted by molar-refractivity contribution is 5.81. The maximum Gasteiger partial charge on any atom is 0.168 e. The zero-order valence-corrected chi connectivity index (χ0v) is 14.1. The zero-order chi connectivity index (χ0) is 16.6. The van der Waals surface area contributed by atoms with Gasteiger partial charge in [0.15, 0.2) is 5.75 Å². The van der Waals surface area contributed by atoms with Crippen molar-refractivity contribution in [2.45, 2.75) is 18.9 Å². The van der Waals surface area contributed by atoms with Crippen molar-refractivity contribution in [1.29, 1.82) is 0 Å². The summed E-state index contributed by atoms with van der Waals surface area (Å²) in [7, 11) is 0. The second kappa shape index (κ2) is 5.92. The summed E-state index contributed by atoms with van der Waals surface area (Å²) in [5, 5.41) is 0. The number of ether oxygens (including phenoxy) is 1. The molecule has 1 saturated carbocycles. The van der Waals surface area contributed by atoms with E-state index in [0.717, 1.165) is 41.4 Å². The summed E-state index contributed by atoms with van der Waals surface area (Å²) in [6.45, 7) is 1.69. The van der Waals surface area contributed by atoms with Gasteiger partial charge < -0.3 is 9.64 Å². The number of nitrogens with zero attached hydrogens (tertiary/aromatic N) is 2. The maximum atomic E-state index is 6.10.